The molecule has 18 heavy (non-hydrogen) atoms. The zero-order valence-corrected chi connectivity index (χ0v) is 13.3. The number of thiophene rings is 1. The molecule has 1 heterocycles. The Morgan fingerprint density at radius 1 is 1.11 bits per heavy atom. The van der Waals surface area contributed by atoms with E-state index in [-0.39, 0.29) is 0 Å². The summed E-state index contributed by atoms with van der Waals surface area (Å²) >= 11 is 1.88. The Bertz CT molecular complexity index is 334. The van der Waals surface area contributed by atoms with Gasteiger partial charge in [0, 0.05) is 29.4 Å². The molecule has 2 nitrogen and oxygen atoms in total. The highest BCUT2D eigenvalue weighted by Crippen LogP contribution is 2.28. The van der Waals surface area contributed by atoms with Crippen molar-refractivity contribution in [2.24, 2.45) is 17.6 Å². The fourth-order valence-electron chi connectivity index (χ4n) is 2.34. The smallest absolute Gasteiger partial charge is 0.0564 e. The molecule has 0 saturated carbocycles. The lowest BCUT2D eigenvalue weighted by Crippen LogP contribution is -2.38. The maximum absolute atomic E-state index is 6.03. The largest absolute Gasteiger partial charge is 0.329 e. The van der Waals surface area contributed by atoms with Crippen molar-refractivity contribution in [1.82, 2.24) is 4.90 Å². The van der Waals surface area contributed by atoms with Crippen LogP contribution in [0.1, 0.15) is 43.5 Å². The van der Waals surface area contributed by atoms with E-state index in [0.29, 0.717) is 24.4 Å². The molecule has 0 bridgehead atoms. The van der Waals surface area contributed by atoms with Gasteiger partial charge < -0.3 is 5.73 Å². The maximum atomic E-state index is 6.03. The number of hydrogen-bond donors (Lipinski definition) is 1. The second kappa shape index (κ2) is 7.27. The molecule has 0 saturated heterocycles. The lowest BCUT2D eigenvalue weighted by atomic mass is 10.1. The molecular formula is C15H28N2S. The monoisotopic (exact) mass is 268 g/mol. The quantitative estimate of drug-likeness (QED) is 0.817. The summed E-state index contributed by atoms with van der Waals surface area (Å²) in [5.74, 6) is 1.36. The first-order valence-corrected chi connectivity index (χ1v) is 7.76. The van der Waals surface area contributed by atoms with Gasteiger partial charge in [-0.3, -0.25) is 4.90 Å². The van der Waals surface area contributed by atoms with Crippen LogP contribution in [0, 0.1) is 18.8 Å². The third-order valence-electron chi connectivity index (χ3n) is 2.95. The molecule has 104 valence electrons. The average molecular weight is 268 g/mol. The van der Waals surface area contributed by atoms with Crippen LogP contribution >= 0.6 is 11.3 Å². The topological polar surface area (TPSA) is 29.3 Å². The van der Waals surface area contributed by atoms with Crippen molar-refractivity contribution in [3.8, 4) is 0 Å². The number of nitrogens with zero attached hydrogens (tertiary/aromatic N) is 1. The Hall–Kier alpha value is -0.380. The van der Waals surface area contributed by atoms with Gasteiger partial charge in [0.05, 0.1) is 6.04 Å². The Balaban J connectivity index is 2.85. The zero-order valence-electron chi connectivity index (χ0n) is 12.4. The molecule has 2 N–H and O–H groups in total. The Morgan fingerprint density at radius 2 is 1.67 bits per heavy atom. The van der Waals surface area contributed by atoms with Crippen LogP contribution in [0.5, 0.6) is 0 Å². The van der Waals surface area contributed by atoms with Crippen molar-refractivity contribution in [2.45, 2.75) is 40.7 Å². The maximum Gasteiger partial charge on any atom is 0.0564 e. The molecule has 3 heteroatoms. The first-order valence-electron chi connectivity index (χ1n) is 6.94. The highest BCUT2D eigenvalue weighted by atomic mass is 32.1. The number of aryl methyl sites for hydroxylation is 1. The average Bonchev–Trinajstić information content (AvgIpc) is 2.64. The zero-order chi connectivity index (χ0) is 13.7. The third-order valence-corrected chi connectivity index (χ3v) is 4.05. The van der Waals surface area contributed by atoms with E-state index in [4.69, 9.17) is 5.73 Å². The minimum atomic E-state index is 0.383. The van der Waals surface area contributed by atoms with Crippen LogP contribution < -0.4 is 5.73 Å². The van der Waals surface area contributed by atoms with Crippen molar-refractivity contribution in [2.75, 3.05) is 19.6 Å². The summed E-state index contributed by atoms with van der Waals surface area (Å²) in [4.78, 5) is 5.34. The van der Waals surface area contributed by atoms with Crippen LogP contribution in [-0.2, 0) is 0 Å². The molecule has 1 aromatic rings. The molecular weight excluding hydrogens is 240 g/mol. The van der Waals surface area contributed by atoms with Crippen molar-refractivity contribution in [3.05, 3.63) is 21.9 Å². The predicted molar refractivity (Wildman–Crippen MR) is 82.1 cm³/mol. The third kappa shape index (κ3) is 4.71. The lowest BCUT2D eigenvalue weighted by molar-refractivity contribution is 0.162. The number of hydrogen-bond acceptors (Lipinski definition) is 3. The van der Waals surface area contributed by atoms with Crippen LogP contribution in [0.2, 0.25) is 0 Å². The normalized spacial score (nSPS) is 13.8. The van der Waals surface area contributed by atoms with E-state index in [2.05, 4.69) is 51.7 Å². The summed E-state index contributed by atoms with van der Waals surface area (Å²) in [6.07, 6.45) is 0. The van der Waals surface area contributed by atoms with Gasteiger partial charge in [-0.25, -0.2) is 0 Å². The van der Waals surface area contributed by atoms with E-state index in [1.165, 1.54) is 9.75 Å². The Labute approximate surface area is 116 Å². The highest BCUT2D eigenvalue weighted by molar-refractivity contribution is 7.12. The number of nitrogens with two attached hydrogens (primary N) is 1. The van der Waals surface area contributed by atoms with Crippen LogP contribution in [0.3, 0.4) is 0 Å². The fourth-order valence-corrected chi connectivity index (χ4v) is 3.37. The van der Waals surface area contributed by atoms with Gasteiger partial charge in [0.2, 0.25) is 0 Å². The molecule has 0 amide bonds. The molecule has 0 aliphatic heterocycles. The van der Waals surface area contributed by atoms with Crippen molar-refractivity contribution in [3.63, 3.8) is 0 Å². The first-order chi connectivity index (χ1) is 8.43. The van der Waals surface area contributed by atoms with Gasteiger partial charge in [0.15, 0.2) is 0 Å². The van der Waals surface area contributed by atoms with E-state index < -0.39 is 0 Å². The molecule has 1 atom stereocenters. The first kappa shape index (κ1) is 15.7. The van der Waals surface area contributed by atoms with E-state index in [0.717, 1.165) is 13.1 Å². The lowest BCUT2D eigenvalue weighted by Gasteiger charge is -2.33. The second-order valence-corrected chi connectivity index (χ2v) is 7.26. The molecule has 1 unspecified atom stereocenters. The van der Waals surface area contributed by atoms with Gasteiger partial charge in [-0.2, -0.15) is 0 Å². The standard InChI is InChI=1S/C15H28N2S/c1-11(2)9-17(10-12(3)4)14(8-16)15-7-6-13(5)18-15/h6-7,11-12,14H,8-10,16H2,1-5H3. The predicted octanol–water partition coefficient (Wildman–Crippen LogP) is 3.67. The van der Waals surface area contributed by atoms with E-state index in [1.54, 1.807) is 0 Å². The number of rotatable bonds is 7. The Kier molecular flexibility index (Phi) is 6.33. The van der Waals surface area contributed by atoms with Gasteiger partial charge in [-0.05, 0) is 30.9 Å². The summed E-state index contributed by atoms with van der Waals surface area (Å²) in [7, 11) is 0. The van der Waals surface area contributed by atoms with Gasteiger partial charge in [-0.15, -0.1) is 11.3 Å². The molecule has 0 radical (unpaired) electrons. The molecule has 1 aromatic heterocycles. The summed E-state index contributed by atoms with van der Waals surface area (Å²) < 4.78 is 0. The molecule has 0 aromatic carbocycles. The summed E-state index contributed by atoms with van der Waals surface area (Å²) in [6.45, 7) is 14.2. The van der Waals surface area contributed by atoms with E-state index >= 15 is 0 Å². The molecule has 0 aliphatic carbocycles. The van der Waals surface area contributed by atoms with Crippen molar-refractivity contribution < 1.29 is 0 Å². The molecule has 0 aliphatic rings. The Morgan fingerprint density at radius 3 is 2.00 bits per heavy atom. The van der Waals surface area contributed by atoms with Gasteiger partial charge in [-0.1, -0.05) is 27.7 Å². The van der Waals surface area contributed by atoms with E-state index in [1.807, 2.05) is 11.3 Å². The van der Waals surface area contributed by atoms with Gasteiger partial charge in [0.1, 0.15) is 0 Å². The fraction of sp³-hybridized carbons (Fsp3) is 0.733. The minimum absolute atomic E-state index is 0.383. The van der Waals surface area contributed by atoms with Gasteiger partial charge in [0.25, 0.3) is 0 Å². The van der Waals surface area contributed by atoms with Crippen LogP contribution in [0.15, 0.2) is 12.1 Å². The summed E-state index contributed by atoms with van der Waals surface area (Å²) in [6, 6.07) is 4.82. The SMILES string of the molecule is Cc1ccc(C(CN)N(CC(C)C)CC(C)C)s1. The highest BCUT2D eigenvalue weighted by Gasteiger charge is 2.21. The summed E-state index contributed by atoms with van der Waals surface area (Å²) in [5, 5.41) is 0. The minimum Gasteiger partial charge on any atom is -0.329 e. The van der Waals surface area contributed by atoms with Gasteiger partial charge >= 0.3 is 0 Å². The van der Waals surface area contributed by atoms with Crippen LogP contribution in [-0.4, -0.2) is 24.5 Å². The van der Waals surface area contributed by atoms with Crippen molar-refractivity contribution in [1.29, 1.82) is 0 Å². The second-order valence-electron chi connectivity index (χ2n) is 5.94. The molecule has 0 fully saturated rings. The van der Waals surface area contributed by atoms with Crippen molar-refractivity contribution >= 4 is 11.3 Å². The van der Waals surface area contributed by atoms with Crippen LogP contribution in [0.4, 0.5) is 0 Å². The summed E-state index contributed by atoms with van der Waals surface area (Å²) in [5.41, 5.74) is 6.03. The molecule has 0 spiro atoms. The van der Waals surface area contributed by atoms with Crippen LogP contribution in [0.25, 0.3) is 0 Å². The van der Waals surface area contributed by atoms with E-state index in [9.17, 15) is 0 Å². The molecule has 1 rings (SSSR count).